The van der Waals surface area contributed by atoms with Crippen LogP contribution in [0.5, 0.6) is 0 Å². The minimum atomic E-state index is -0.745. The first-order chi connectivity index (χ1) is 7.31. The van der Waals surface area contributed by atoms with E-state index in [-0.39, 0.29) is 17.4 Å². The minimum absolute atomic E-state index is 0.0276. The number of hydrogen-bond donors (Lipinski definition) is 1. The summed E-state index contributed by atoms with van der Waals surface area (Å²) in [5.74, 6) is -1.12. The molecule has 0 radical (unpaired) electrons. The van der Waals surface area contributed by atoms with Gasteiger partial charge in [0, 0.05) is 6.04 Å². The Kier molecular flexibility index (Phi) is 4.33. The van der Waals surface area contributed by atoms with E-state index < -0.39 is 5.97 Å². The second-order valence-electron chi connectivity index (χ2n) is 5.84. The van der Waals surface area contributed by atoms with Crippen LogP contribution < -0.4 is 0 Å². The van der Waals surface area contributed by atoms with Crippen LogP contribution in [0.3, 0.4) is 0 Å². The molecule has 4 heteroatoms. The highest BCUT2D eigenvalue weighted by Gasteiger charge is 2.36. The van der Waals surface area contributed by atoms with Gasteiger partial charge in [-0.3, -0.25) is 4.79 Å². The Morgan fingerprint density at radius 1 is 1.44 bits per heavy atom. The molecule has 0 bridgehead atoms. The van der Waals surface area contributed by atoms with Gasteiger partial charge in [0.05, 0.1) is 19.1 Å². The largest absolute Gasteiger partial charge is 0.481 e. The Labute approximate surface area is 97.6 Å². The molecule has 0 saturated carbocycles. The van der Waals surface area contributed by atoms with Gasteiger partial charge in [0.25, 0.3) is 0 Å². The SMILES string of the molecule is CN(CCC(C)(C)C)C1COCC1C(=O)O. The summed E-state index contributed by atoms with van der Waals surface area (Å²) in [6, 6.07) is 0.0276. The molecule has 1 fully saturated rings. The van der Waals surface area contributed by atoms with Crippen LogP contribution >= 0.6 is 0 Å². The molecular weight excluding hydrogens is 206 g/mol. The average Bonchev–Trinajstić information content (AvgIpc) is 2.61. The Bertz CT molecular complexity index is 247. The van der Waals surface area contributed by atoms with Crippen molar-refractivity contribution in [1.82, 2.24) is 4.90 Å². The Morgan fingerprint density at radius 2 is 2.06 bits per heavy atom. The molecule has 0 amide bonds. The van der Waals surface area contributed by atoms with Crippen molar-refractivity contribution in [2.24, 2.45) is 11.3 Å². The van der Waals surface area contributed by atoms with Crippen molar-refractivity contribution < 1.29 is 14.6 Å². The molecule has 0 aromatic carbocycles. The molecule has 94 valence electrons. The second-order valence-corrected chi connectivity index (χ2v) is 5.84. The summed E-state index contributed by atoms with van der Waals surface area (Å²) >= 11 is 0. The molecule has 16 heavy (non-hydrogen) atoms. The molecule has 1 N–H and O–H groups in total. The smallest absolute Gasteiger partial charge is 0.310 e. The minimum Gasteiger partial charge on any atom is -0.481 e. The fourth-order valence-corrected chi connectivity index (χ4v) is 1.89. The summed E-state index contributed by atoms with van der Waals surface area (Å²) in [6.45, 7) is 8.39. The highest BCUT2D eigenvalue weighted by molar-refractivity contribution is 5.71. The van der Waals surface area contributed by atoms with Gasteiger partial charge in [0.1, 0.15) is 0 Å². The van der Waals surface area contributed by atoms with E-state index in [1.165, 1.54) is 0 Å². The molecule has 0 aromatic heterocycles. The van der Waals surface area contributed by atoms with Gasteiger partial charge in [-0.25, -0.2) is 0 Å². The number of carboxylic acid groups (broad SMARTS) is 1. The van der Waals surface area contributed by atoms with E-state index >= 15 is 0 Å². The molecule has 0 aliphatic carbocycles. The van der Waals surface area contributed by atoms with Gasteiger partial charge in [0.2, 0.25) is 0 Å². The lowest BCUT2D eigenvalue weighted by Crippen LogP contribution is -2.41. The van der Waals surface area contributed by atoms with Crippen molar-refractivity contribution in [3.63, 3.8) is 0 Å². The van der Waals surface area contributed by atoms with Crippen molar-refractivity contribution in [2.45, 2.75) is 33.2 Å². The lowest BCUT2D eigenvalue weighted by Gasteiger charge is -2.29. The molecule has 2 atom stereocenters. The summed E-state index contributed by atoms with van der Waals surface area (Å²) < 4.78 is 5.26. The van der Waals surface area contributed by atoms with E-state index in [2.05, 4.69) is 25.7 Å². The Balaban J connectivity index is 2.47. The lowest BCUT2D eigenvalue weighted by molar-refractivity contribution is -0.143. The van der Waals surface area contributed by atoms with E-state index in [9.17, 15) is 4.79 Å². The van der Waals surface area contributed by atoms with Crippen molar-refractivity contribution in [3.05, 3.63) is 0 Å². The van der Waals surface area contributed by atoms with Crippen molar-refractivity contribution in [1.29, 1.82) is 0 Å². The third kappa shape index (κ3) is 3.76. The number of likely N-dealkylation sites (N-methyl/N-ethyl adjacent to an activating group) is 1. The van der Waals surface area contributed by atoms with Crippen LogP contribution in [0.15, 0.2) is 0 Å². The van der Waals surface area contributed by atoms with Gasteiger partial charge >= 0.3 is 5.97 Å². The normalized spacial score (nSPS) is 26.3. The molecule has 1 heterocycles. The first-order valence-corrected chi connectivity index (χ1v) is 5.82. The molecule has 1 rings (SSSR count). The van der Waals surface area contributed by atoms with Gasteiger partial charge in [-0.2, -0.15) is 0 Å². The van der Waals surface area contributed by atoms with E-state index in [0.717, 1.165) is 13.0 Å². The van der Waals surface area contributed by atoms with Crippen LogP contribution in [-0.2, 0) is 9.53 Å². The van der Waals surface area contributed by atoms with E-state index in [0.29, 0.717) is 13.2 Å². The number of rotatable bonds is 4. The average molecular weight is 229 g/mol. The highest BCUT2D eigenvalue weighted by Crippen LogP contribution is 2.23. The molecule has 2 unspecified atom stereocenters. The summed E-state index contributed by atoms with van der Waals surface area (Å²) in [4.78, 5) is 13.1. The zero-order valence-corrected chi connectivity index (χ0v) is 10.7. The Hall–Kier alpha value is -0.610. The van der Waals surface area contributed by atoms with Gasteiger partial charge in [-0.1, -0.05) is 20.8 Å². The van der Waals surface area contributed by atoms with Crippen LogP contribution in [0.25, 0.3) is 0 Å². The first kappa shape index (κ1) is 13.5. The molecule has 4 nitrogen and oxygen atoms in total. The van der Waals surface area contributed by atoms with Crippen molar-refractivity contribution in [2.75, 3.05) is 26.8 Å². The summed E-state index contributed by atoms with van der Waals surface area (Å²) in [6.07, 6.45) is 1.06. The zero-order chi connectivity index (χ0) is 12.3. The predicted molar refractivity (Wildman–Crippen MR) is 62.4 cm³/mol. The molecule has 0 spiro atoms. The van der Waals surface area contributed by atoms with Crippen LogP contribution in [0.4, 0.5) is 0 Å². The number of aliphatic carboxylic acids is 1. The maximum atomic E-state index is 11.0. The van der Waals surface area contributed by atoms with Crippen LogP contribution in [0.2, 0.25) is 0 Å². The number of nitrogens with zero attached hydrogens (tertiary/aromatic N) is 1. The zero-order valence-electron chi connectivity index (χ0n) is 10.7. The van der Waals surface area contributed by atoms with E-state index in [1.807, 2.05) is 7.05 Å². The molecule has 1 saturated heterocycles. The number of carboxylic acids is 1. The Morgan fingerprint density at radius 3 is 2.56 bits per heavy atom. The fraction of sp³-hybridized carbons (Fsp3) is 0.917. The third-order valence-electron chi connectivity index (χ3n) is 3.15. The lowest BCUT2D eigenvalue weighted by atomic mass is 9.91. The monoisotopic (exact) mass is 229 g/mol. The van der Waals surface area contributed by atoms with Gasteiger partial charge in [-0.15, -0.1) is 0 Å². The molecule has 0 aromatic rings. The number of hydrogen-bond acceptors (Lipinski definition) is 3. The first-order valence-electron chi connectivity index (χ1n) is 5.82. The maximum absolute atomic E-state index is 11.0. The standard InChI is InChI=1S/C12H23NO3/c1-12(2,3)5-6-13(4)10-8-16-7-9(10)11(14)15/h9-10H,5-8H2,1-4H3,(H,14,15). The quantitative estimate of drug-likeness (QED) is 0.793. The van der Waals surface area contributed by atoms with Crippen molar-refractivity contribution >= 4 is 5.97 Å². The molecule has 1 aliphatic rings. The van der Waals surface area contributed by atoms with Crippen LogP contribution in [0, 0.1) is 11.3 Å². The van der Waals surface area contributed by atoms with Crippen molar-refractivity contribution in [3.8, 4) is 0 Å². The van der Waals surface area contributed by atoms with Crippen LogP contribution in [-0.4, -0.2) is 48.8 Å². The maximum Gasteiger partial charge on any atom is 0.310 e. The van der Waals surface area contributed by atoms with E-state index in [1.54, 1.807) is 0 Å². The van der Waals surface area contributed by atoms with E-state index in [4.69, 9.17) is 9.84 Å². The summed E-state index contributed by atoms with van der Waals surface area (Å²) in [5, 5.41) is 9.05. The molecular formula is C12H23NO3. The predicted octanol–water partition coefficient (Wildman–Crippen LogP) is 1.45. The molecule has 1 aliphatic heterocycles. The van der Waals surface area contributed by atoms with Gasteiger partial charge in [-0.05, 0) is 25.4 Å². The summed E-state index contributed by atoms with van der Waals surface area (Å²) in [7, 11) is 1.99. The number of ether oxygens (including phenoxy) is 1. The van der Waals surface area contributed by atoms with Gasteiger partial charge < -0.3 is 14.7 Å². The highest BCUT2D eigenvalue weighted by atomic mass is 16.5. The van der Waals surface area contributed by atoms with Gasteiger partial charge in [0.15, 0.2) is 0 Å². The summed E-state index contributed by atoms with van der Waals surface area (Å²) in [5.41, 5.74) is 0.284. The third-order valence-corrected chi connectivity index (χ3v) is 3.15. The number of carbonyl (C=O) groups is 1. The fourth-order valence-electron chi connectivity index (χ4n) is 1.89. The second kappa shape index (κ2) is 5.15. The topological polar surface area (TPSA) is 49.8 Å². The van der Waals surface area contributed by atoms with Crippen LogP contribution in [0.1, 0.15) is 27.2 Å².